The first-order valence-electron chi connectivity index (χ1n) is 3.92. The van der Waals surface area contributed by atoms with E-state index in [0.29, 0.717) is 12.6 Å². The van der Waals surface area contributed by atoms with Crippen molar-refractivity contribution < 1.29 is 4.74 Å². The number of likely N-dealkylation sites (N-methyl/N-ethyl adjacent to an activating group) is 1. The Morgan fingerprint density at radius 1 is 1.64 bits per heavy atom. The highest BCUT2D eigenvalue weighted by atomic mass is 16.5. The van der Waals surface area contributed by atoms with Gasteiger partial charge in [-0.05, 0) is 13.5 Å². The van der Waals surface area contributed by atoms with Crippen molar-refractivity contribution in [2.45, 2.75) is 19.9 Å². The highest BCUT2D eigenvalue weighted by Crippen LogP contribution is 1.97. The number of rotatable bonds is 5. The minimum Gasteiger partial charge on any atom is -0.383 e. The second-order valence-corrected chi connectivity index (χ2v) is 2.57. The molecule has 0 N–H and O–H groups in total. The van der Waals surface area contributed by atoms with Gasteiger partial charge in [-0.1, -0.05) is 12.8 Å². The van der Waals surface area contributed by atoms with E-state index in [1.165, 1.54) is 0 Å². The van der Waals surface area contributed by atoms with Gasteiger partial charge in [0, 0.05) is 13.2 Å². The van der Waals surface area contributed by atoms with Crippen LogP contribution in [-0.2, 0) is 4.74 Å². The number of nitrogens with zero attached hydrogens (tertiary/aromatic N) is 1. The zero-order valence-corrected chi connectivity index (χ0v) is 7.63. The van der Waals surface area contributed by atoms with E-state index in [1.54, 1.807) is 7.11 Å². The monoisotopic (exact) mass is 155 g/mol. The van der Waals surface area contributed by atoms with Crippen LogP contribution in [0.1, 0.15) is 13.8 Å². The maximum absolute atomic E-state index is 5.21. The van der Waals surface area contributed by atoms with Crippen LogP contribution in [-0.4, -0.2) is 37.7 Å². The summed E-state index contributed by atoms with van der Waals surface area (Å²) < 4.78 is 5.02. The van der Waals surface area contributed by atoms with Crippen LogP contribution in [0.15, 0.2) is 0 Å². The van der Waals surface area contributed by atoms with E-state index in [1.807, 2.05) is 0 Å². The van der Waals surface area contributed by atoms with Crippen LogP contribution in [0.2, 0.25) is 0 Å². The van der Waals surface area contributed by atoms with Crippen molar-refractivity contribution in [1.82, 2.24) is 4.90 Å². The van der Waals surface area contributed by atoms with Gasteiger partial charge < -0.3 is 4.74 Å². The molecular weight excluding hydrogens is 138 g/mol. The Morgan fingerprint density at radius 3 is 2.64 bits per heavy atom. The summed E-state index contributed by atoms with van der Waals surface area (Å²) in [6.45, 7) is 6.65. The molecule has 0 bridgehead atoms. The maximum Gasteiger partial charge on any atom is 0.0615 e. The second kappa shape index (κ2) is 6.21. The zero-order chi connectivity index (χ0) is 8.69. The number of ether oxygens (including phenoxy) is 1. The van der Waals surface area contributed by atoms with Crippen molar-refractivity contribution in [2.75, 3.05) is 26.8 Å². The molecule has 1 atom stereocenters. The molecule has 0 rings (SSSR count). The summed E-state index contributed by atoms with van der Waals surface area (Å²) >= 11 is 0. The quantitative estimate of drug-likeness (QED) is 0.549. The number of hydrogen-bond donors (Lipinski definition) is 0. The number of hydrogen-bond acceptors (Lipinski definition) is 2. The second-order valence-electron chi connectivity index (χ2n) is 2.57. The molecule has 0 radical (unpaired) electrons. The van der Waals surface area contributed by atoms with Crippen LogP contribution < -0.4 is 0 Å². The third-order valence-corrected chi connectivity index (χ3v) is 1.73. The summed E-state index contributed by atoms with van der Waals surface area (Å²) in [5.41, 5.74) is 0. The molecule has 0 aromatic rings. The van der Waals surface area contributed by atoms with E-state index in [9.17, 15) is 0 Å². The van der Waals surface area contributed by atoms with E-state index < -0.39 is 0 Å². The summed E-state index contributed by atoms with van der Waals surface area (Å²) in [6, 6.07) is 0.418. The molecule has 0 aromatic heterocycles. The normalized spacial score (nSPS) is 13.0. The van der Waals surface area contributed by atoms with Gasteiger partial charge >= 0.3 is 0 Å². The minimum atomic E-state index is 0.418. The smallest absolute Gasteiger partial charge is 0.0615 e. The Labute approximate surface area is 69.5 Å². The molecule has 0 spiro atoms. The molecule has 0 aliphatic rings. The van der Waals surface area contributed by atoms with Crippen LogP contribution >= 0.6 is 0 Å². The summed E-state index contributed by atoms with van der Waals surface area (Å²) in [6.07, 6.45) is 5.21. The Bertz CT molecular complexity index is 128. The van der Waals surface area contributed by atoms with E-state index in [4.69, 9.17) is 11.2 Å². The van der Waals surface area contributed by atoms with Crippen LogP contribution in [0.3, 0.4) is 0 Å². The van der Waals surface area contributed by atoms with Gasteiger partial charge in [0.05, 0.1) is 13.2 Å². The lowest BCUT2D eigenvalue weighted by Gasteiger charge is -2.24. The molecule has 0 aromatic carbocycles. The molecule has 11 heavy (non-hydrogen) atoms. The van der Waals surface area contributed by atoms with Crippen molar-refractivity contribution in [3.8, 4) is 12.3 Å². The Kier molecular flexibility index (Phi) is 5.91. The van der Waals surface area contributed by atoms with E-state index in [2.05, 4.69) is 24.7 Å². The van der Waals surface area contributed by atoms with Crippen LogP contribution in [0.4, 0.5) is 0 Å². The summed E-state index contributed by atoms with van der Waals surface area (Å²) in [4.78, 5) is 2.20. The average molecular weight is 155 g/mol. The van der Waals surface area contributed by atoms with Crippen LogP contribution in [0, 0.1) is 12.3 Å². The van der Waals surface area contributed by atoms with Crippen molar-refractivity contribution in [1.29, 1.82) is 0 Å². The topological polar surface area (TPSA) is 12.5 Å². The van der Waals surface area contributed by atoms with Gasteiger partial charge in [-0.2, -0.15) is 0 Å². The van der Waals surface area contributed by atoms with E-state index in [-0.39, 0.29) is 0 Å². The van der Waals surface area contributed by atoms with Crippen molar-refractivity contribution in [3.05, 3.63) is 0 Å². The molecule has 2 heteroatoms. The lowest BCUT2D eigenvalue weighted by molar-refractivity contribution is 0.111. The zero-order valence-electron chi connectivity index (χ0n) is 7.63. The van der Waals surface area contributed by atoms with Crippen LogP contribution in [0.5, 0.6) is 0 Å². The number of terminal acetylenes is 1. The molecule has 64 valence electrons. The fourth-order valence-electron chi connectivity index (χ4n) is 1.04. The highest BCUT2D eigenvalue weighted by molar-refractivity contribution is 4.89. The van der Waals surface area contributed by atoms with Crippen LogP contribution in [0.25, 0.3) is 0 Å². The first-order chi connectivity index (χ1) is 5.26. The predicted molar refractivity (Wildman–Crippen MR) is 47.4 cm³/mol. The van der Waals surface area contributed by atoms with Crippen molar-refractivity contribution in [2.24, 2.45) is 0 Å². The molecule has 0 saturated carbocycles. The highest BCUT2D eigenvalue weighted by Gasteiger charge is 2.08. The first kappa shape index (κ1) is 10.5. The largest absolute Gasteiger partial charge is 0.383 e. The van der Waals surface area contributed by atoms with Gasteiger partial charge in [-0.15, -0.1) is 6.42 Å². The Balaban J connectivity index is 3.73. The molecule has 0 saturated heterocycles. The maximum atomic E-state index is 5.21. The molecule has 2 nitrogen and oxygen atoms in total. The number of methoxy groups -OCH3 is 1. The predicted octanol–water partition coefficient (Wildman–Crippen LogP) is 0.976. The molecule has 1 unspecified atom stereocenters. The summed E-state index contributed by atoms with van der Waals surface area (Å²) in [5, 5.41) is 0. The molecule has 0 amide bonds. The Morgan fingerprint density at radius 2 is 2.27 bits per heavy atom. The fraction of sp³-hybridized carbons (Fsp3) is 0.778. The van der Waals surface area contributed by atoms with E-state index >= 15 is 0 Å². The fourth-order valence-corrected chi connectivity index (χ4v) is 1.04. The lowest BCUT2D eigenvalue weighted by atomic mass is 10.3. The molecule has 0 heterocycles. The van der Waals surface area contributed by atoms with Crippen molar-refractivity contribution in [3.63, 3.8) is 0 Å². The van der Waals surface area contributed by atoms with Gasteiger partial charge in [-0.25, -0.2) is 0 Å². The summed E-state index contributed by atoms with van der Waals surface area (Å²) in [7, 11) is 1.71. The van der Waals surface area contributed by atoms with Gasteiger partial charge in [-0.3, -0.25) is 4.90 Å². The van der Waals surface area contributed by atoms with Gasteiger partial charge in [0.15, 0.2) is 0 Å². The third-order valence-electron chi connectivity index (χ3n) is 1.73. The third kappa shape index (κ3) is 4.02. The summed E-state index contributed by atoms with van der Waals surface area (Å²) in [5.74, 6) is 2.63. The molecule has 0 aliphatic heterocycles. The molecular formula is C9H17NO. The molecule has 0 fully saturated rings. The Hall–Kier alpha value is -0.520. The minimum absolute atomic E-state index is 0.418. The first-order valence-corrected chi connectivity index (χ1v) is 3.92. The lowest BCUT2D eigenvalue weighted by Crippen LogP contribution is -2.36. The van der Waals surface area contributed by atoms with Crippen molar-refractivity contribution >= 4 is 0 Å². The SMILES string of the molecule is C#CCN(CC)C(C)COC. The molecule has 0 aliphatic carbocycles. The van der Waals surface area contributed by atoms with Gasteiger partial charge in [0.1, 0.15) is 0 Å². The van der Waals surface area contributed by atoms with E-state index in [0.717, 1.165) is 13.2 Å². The van der Waals surface area contributed by atoms with Gasteiger partial charge in [0.2, 0.25) is 0 Å². The standard InChI is InChI=1S/C9H17NO/c1-5-7-10(6-2)9(3)8-11-4/h1,9H,6-8H2,2-4H3. The average Bonchev–Trinajstić information content (AvgIpc) is 2.00. The van der Waals surface area contributed by atoms with Gasteiger partial charge in [0.25, 0.3) is 0 Å².